The first-order chi connectivity index (χ1) is 7.86. The minimum Gasteiger partial charge on any atom is -0.449 e. The van der Waals surface area contributed by atoms with Gasteiger partial charge in [-0.3, -0.25) is 4.98 Å². The highest BCUT2D eigenvalue weighted by Crippen LogP contribution is 2.06. The number of rotatable bonds is 3. The van der Waals surface area contributed by atoms with Crippen LogP contribution in [0.3, 0.4) is 0 Å². The lowest BCUT2D eigenvalue weighted by atomic mass is 10.2. The van der Waals surface area contributed by atoms with Crippen LogP contribution in [0.2, 0.25) is 0 Å². The number of pyridine rings is 1. The molecule has 0 aliphatic heterocycles. The summed E-state index contributed by atoms with van der Waals surface area (Å²) < 4.78 is 5.01. The lowest BCUT2D eigenvalue weighted by Crippen LogP contribution is -2.03. The minimum absolute atomic E-state index is 0.406. The van der Waals surface area contributed by atoms with Gasteiger partial charge in [0.05, 0.1) is 5.56 Å². The van der Waals surface area contributed by atoms with Crippen LogP contribution in [-0.4, -0.2) is 11.0 Å². The van der Waals surface area contributed by atoms with Gasteiger partial charge < -0.3 is 4.74 Å². The molecule has 16 heavy (non-hydrogen) atoms. The van der Waals surface area contributed by atoms with E-state index in [-0.39, 0.29) is 0 Å². The Bertz CT molecular complexity index is 454. The maximum atomic E-state index is 11.5. The molecule has 79 valence electrons. The van der Waals surface area contributed by atoms with Crippen LogP contribution in [0.5, 0.6) is 0 Å². The topological polar surface area (TPSA) is 39.2 Å². The molecule has 0 saturated heterocycles. The molecule has 0 atom stereocenters. The zero-order valence-electron chi connectivity index (χ0n) is 8.54. The maximum Gasteiger partial charge on any atom is 0.340 e. The number of ether oxygens (including phenoxy) is 1. The molecule has 3 nitrogen and oxygen atoms in total. The van der Waals surface area contributed by atoms with E-state index >= 15 is 0 Å². The monoisotopic (exact) mass is 212 g/mol. The zero-order chi connectivity index (χ0) is 11.2. The Morgan fingerprint density at radius 2 is 1.94 bits per heavy atom. The number of esters is 1. The summed E-state index contributed by atoms with van der Waals surface area (Å²) in [7, 11) is 0. The maximum absolute atomic E-state index is 11.5. The van der Waals surface area contributed by atoms with Crippen molar-refractivity contribution in [2.45, 2.75) is 0 Å². The van der Waals surface area contributed by atoms with Gasteiger partial charge >= 0.3 is 5.97 Å². The normalized spacial score (nSPS) is 9.75. The van der Waals surface area contributed by atoms with Crippen molar-refractivity contribution in [2.24, 2.45) is 0 Å². The highest BCUT2D eigenvalue weighted by atomic mass is 16.5. The Morgan fingerprint density at radius 3 is 2.62 bits per heavy atom. The van der Waals surface area contributed by atoms with Crippen LogP contribution in [-0.2, 0) is 4.74 Å². The smallest absolute Gasteiger partial charge is 0.340 e. The van der Waals surface area contributed by atoms with Gasteiger partial charge in [0.15, 0.2) is 6.61 Å². The van der Waals surface area contributed by atoms with Crippen molar-refractivity contribution in [3.05, 3.63) is 72.6 Å². The molecule has 2 rings (SSSR count). The molecule has 0 amide bonds. The number of aromatic nitrogens is 1. The van der Waals surface area contributed by atoms with Gasteiger partial charge in [0.25, 0.3) is 0 Å². The fourth-order valence-electron chi connectivity index (χ4n) is 1.20. The lowest BCUT2D eigenvalue weighted by Gasteiger charge is -2.02. The molecule has 0 aliphatic carbocycles. The summed E-state index contributed by atoms with van der Waals surface area (Å²) in [5.74, 6) is -0.406. The highest BCUT2D eigenvalue weighted by Gasteiger charge is 2.06. The Kier molecular flexibility index (Phi) is 3.28. The lowest BCUT2D eigenvalue weighted by molar-refractivity contribution is 0.0621. The van der Waals surface area contributed by atoms with E-state index in [9.17, 15) is 4.79 Å². The number of nitrogens with zero attached hydrogens (tertiary/aromatic N) is 1. The molecule has 0 N–H and O–H groups in total. The molecular formula is C13H10NO2. The molecule has 1 aromatic heterocycles. The molecular weight excluding hydrogens is 202 g/mol. The SMILES string of the molecule is O=C(O[CH]c1ccccc1)c1cccnc1. The number of benzene rings is 1. The van der Waals surface area contributed by atoms with E-state index in [2.05, 4.69) is 4.98 Å². The van der Waals surface area contributed by atoms with Gasteiger partial charge in [0.1, 0.15) is 0 Å². The second-order valence-electron chi connectivity index (χ2n) is 3.18. The molecule has 1 heterocycles. The van der Waals surface area contributed by atoms with E-state index in [1.807, 2.05) is 30.3 Å². The minimum atomic E-state index is -0.406. The average Bonchev–Trinajstić information content (AvgIpc) is 2.38. The first-order valence-electron chi connectivity index (χ1n) is 4.85. The van der Waals surface area contributed by atoms with Gasteiger partial charge in [-0.05, 0) is 17.7 Å². The molecule has 0 saturated carbocycles. The van der Waals surface area contributed by atoms with E-state index in [0.29, 0.717) is 5.56 Å². The molecule has 1 radical (unpaired) electrons. The summed E-state index contributed by atoms with van der Waals surface area (Å²) in [5, 5.41) is 0. The van der Waals surface area contributed by atoms with E-state index in [1.165, 1.54) is 12.8 Å². The van der Waals surface area contributed by atoms with Crippen molar-refractivity contribution in [3.63, 3.8) is 0 Å². The molecule has 2 aromatic rings. The van der Waals surface area contributed by atoms with Crippen molar-refractivity contribution >= 4 is 5.97 Å². The zero-order valence-corrected chi connectivity index (χ0v) is 8.54. The van der Waals surface area contributed by atoms with Crippen LogP contribution in [0, 0.1) is 6.61 Å². The number of hydrogen-bond acceptors (Lipinski definition) is 3. The summed E-state index contributed by atoms with van der Waals surface area (Å²) in [4.78, 5) is 15.4. The van der Waals surface area contributed by atoms with Gasteiger partial charge in [-0.1, -0.05) is 30.3 Å². The van der Waals surface area contributed by atoms with Crippen LogP contribution < -0.4 is 0 Å². The van der Waals surface area contributed by atoms with Crippen LogP contribution in [0.15, 0.2) is 54.9 Å². The molecule has 0 aliphatic rings. The predicted octanol–water partition coefficient (Wildman–Crippen LogP) is 2.45. The summed E-state index contributed by atoms with van der Waals surface area (Å²) in [5.41, 5.74) is 1.29. The van der Waals surface area contributed by atoms with Gasteiger partial charge in [-0.15, -0.1) is 0 Å². The molecule has 3 heteroatoms. The van der Waals surface area contributed by atoms with Crippen LogP contribution >= 0.6 is 0 Å². The standard InChI is InChI=1S/C13H10NO2/c15-13(12-7-4-8-14-9-12)16-10-11-5-2-1-3-6-11/h1-10H. The Labute approximate surface area is 93.7 Å². The first kappa shape index (κ1) is 10.4. The fraction of sp³-hybridized carbons (Fsp3) is 0. The Morgan fingerprint density at radius 1 is 1.12 bits per heavy atom. The molecule has 0 unspecified atom stereocenters. The predicted molar refractivity (Wildman–Crippen MR) is 59.5 cm³/mol. The molecule has 0 bridgehead atoms. The Balaban J connectivity index is 1.95. The van der Waals surface area contributed by atoms with Crippen LogP contribution in [0.25, 0.3) is 0 Å². The number of carbonyl (C=O) groups is 1. The van der Waals surface area contributed by atoms with Gasteiger partial charge in [0, 0.05) is 12.4 Å². The number of hydrogen-bond donors (Lipinski definition) is 0. The van der Waals surface area contributed by atoms with Crippen molar-refractivity contribution in [2.75, 3.05) is 0 Å². The molecule has 0 spiro atoms. The van der Waals surface area contributed by atoms with Gasteiger partial charge in [0.2, 0.25) is 0 Å². The van der Waals surface area contributed by atoms with E-state index in [1.54, 1.807) is 18.3 Å². The highest BCUT2D eigenvalue weighted by molar-refractivity contribution is 5.89. The van der Waals surface area contributed by atoms with Crippen molar-refractivity contribution in [1.82, 2.24) is 4.98 Å². The second-order valence-corrected chi connectivity index (χ2v) is 3.18. The van der Waals surface area contributed by atoms with E-state index < -0.39 is 5.97 Å². The summed E-state index contributed by atoms with van der Waals surface area (Å²) in [6, 6.07) is 12.7. The van der Waals surface area contributed by atoms with E-state index in [0.717, 1.165) is 5.56 Å². The number of carbonyl (C=O) groups excluding carboxylic acids is 1. The summed E-state index contributed by atoms with van der Waals surface area (Å²) in [6.07, 6.45) is 3.08. The van der Waals surface area contributed by atoms with Crippen molar-refractivity contribution in [3.8, 4) is 0 Å². The second kappa shape index (κ2) is 5.07. The Hall–Kier alpha value is -2.16. The summed E-state index contributed by atoms with van der Waals surface area (Å²) in [6.45, 7) is 1.43. The average molecular weight is 212 g/mol. The third kappa shape index (κ3) is 2.67. The quantitative estimate of drug-likeness (QED) is 0.733. The van der Waals surface area contributed by atoms with Gasteiger partial charge in [-0.25, -0.2) is 4.79 Å². The molecule has 0 fully saturated rings. The first-order valence-corrected chi connectivity index (χ1v) is 4.85. The van der Waals surface area contributed by atoms with Crippen molar-refractivity contribution < 1.29 is 9.53 Å². The largest absolute Gasteiger partial charge is 0.449 e. The van der Waals surface area contributed by atoms with Crippen LogP contribution in [0.1, 0.15) is 15.9 Å². The fourth-order valence-corrected chi connectivity index (χ4v) is 1.20. The third-order valence-electron chi connectivity index (χ3n) is 2.00. The molecule has 1 aromatic carbocycles. The summed E-state index contributed by atoms with van der Waals surface area (Å²) >= 11 is 0. The third-order valence-corrected chi connectivity index (χ3v) is 2.00. The van der Waals surface area contributed by atoms with Crippen molar-refractivity contribution in [1.29, 1.82) is 0 Å². The van der Waals surface area contributed by atoms with Crippen LogP contribution in [0.4, 0.5) is 0 Å². The van der Waals surface area contributed by atoms with E-state index in [4.69, 9.17) is 4.74 Å². The van der Waals surface area contributed by atoms with Gasteiger partial charge in [-0.2, -0.15) is 0 Å².